The fraction of sp³-hybridized carbons (Fsp3) is 0.480. The normalized spacial score (nSPS) is 19.5. The van der Waals surface area contributed by atoms with E-state index in [-0.39, 0.29) is 17.9 Å². The lowest BCUT2D eigenvalue weighted by Crippen LogP contribution is -2.46. The summed E-state index contributed by atoms with van der Waals surface area (Å²) in [5.41, 5.74) is 1.99. The highest BCUT2D eigenvalue weighted by Gasteiger charge is 2.29. The number of amides is 1. The number of nitrogens with one attached hydrogen (secondary N) is 1. The van der Waals surface area contributed by atoms with Crippen molar-refractivity contribution in [3.63, 3.8) is 0 Å². The van der Waals surface area contributed by atoms with Crippen molar-refractivity contribution in [1.29, 1.82) is 0 Å². The molecule has 1 atom stereocenters. The third-order valence-electron chi connectivity index (χ3n) is 6.18. The topological polar surface area (TPSA) is 44.8 Å². The molecule has 5 nitrogen and oxygen atoms in total. The summed E-state index contributed by atoms with van der Waals surface area (Å²) in [5, 5.41) is 5.31. The van der Waals surface area contributed by atoms with Gasteiger partial charge in [0, 0.05) is 65.5 Å². The number of rotatable bonds is 8. The van der Waals surface area contributed by atoms with E-state index in [2.05, 4.69) is 16.8 Å². The van der Waals surface area contributed by atoms with Gasteiger partial charge < -0.3 is 19.9 Å². The SMILES string of the molecule is C=C/C(=C\C=C(\Cl)CN[C@H](C)c1ccc(Cl)cc1Cl)N1CCC(C(=O)N2CCOCC2)CC1. The third kappa shape index (κ3) is 7.49. The smallest absolute Gasteiger partial charge is 0.225 e. The molecule has 1 amide bonds. The lowest BCUT2D eigenvalue weighted by Gasteiger charge is -2.36. The van der Waals surface area contributed by atoms with Gasteiger partial charge in [0.25, 0.3) is 0 Å². The second-order valence-corrected chi connectivity index (χ2v) is 9.71. The van der Waals surface area contributed by atoms with Crippen LogP contribution in [-0.4, -0.2) is 61.6 Å². The monoisotopic (exact) mass is 511 g/mol. The number of nitrogens with zero attached hydrogens (tertiary/aromatic N) is 2. The molecule has 0 radical (unpaired) electrons. The molecule has 3 rings (SSSR count). The van der Waals surface area contributed by atoms with Crippen molar-refractivity contribution < 1.29 is 9.53 Å². The van der Waals surface area contributed by atoms with Crippen LogP contribution in [0.1, 0.15) is 31.4 Å². The van der Waals surface area contributed by atoms with Crippen LogP contribution in [0.5, 0.6) is 0 Å². The van der Waals surface area contributed by atoms with Crippen LogP contribution in [0.15, 0.2) is 53.7 Å². The maximum absolute atomic E-state index is 12.7. The second kappa shape index (κ2) is 12.8. The molecular weight excluding hydrogens is 481 g/mol. The lowest BCUT2D eigenvalue weighted by molar-refractivity contribution is -0.141. The minimum absolute atomic E-state index is 0.0304. The number of allylic oxidation sites excluding steroid dienone is 3. The minimum Gasteiger partial charge on any atom is -0.378 e. The van der Waals surface area contributed by atoms with Crippen LogP contribution in [0.25, 0.3) is 0 Å². The van der Waals surface area contributed by atoms with Crippen molar-refractivity contribution in [3.8, 4) is 0 Å². The third-order valence-corrected chi connectivity index (χ3v) is 7.00. The molecule has 180 valence electrons. The Morgan fingerprint density at radius 1 is 1.18 bits per heavy atom. The molecule has 8 heteroatoms. The van der Waals surface area contributed by atoms with Crippen LogP contribution in [0, 0.1) is 5.92 Å². The number of piperidine rings is 1. The molecule has 0 saturated carbocycles. The summed E-state index contributed by atoms with van der Waals surface area (Å²) < 4.78 is 5.36. The number of carbonyl (C=O) groups is 1. The predicted molar refractivity (Wildman–Crippen MR) is 137 cm³/mol. The molecule has 2 aliphatic heterocycles. The summed E-state index contributed by atoms with van der Waals surface area (Å²) in [5.74, 6) is 0.362. The van der Waals surface area contributed by atoms with Crippen LogP contribution in [0.4, 0.5) is 0 Å². The number of benzene rings is 1. The summed E-state index contributed by atoms with van der Waals surface area (Å²) in [6, 6.07) is 5.52. The highest BCUT2D eigenvalue weighted by Crippen LogP contribution is 2.26. The summed E-state index contributed by atoms with van der Waals surface area (Å²) >= 11 is 18.7. The number of morpholine rings is 1. The summed E-state index contributed by atoms with van der Waals surface area (Å²) in [6.45, 7) is 10.9. The van der Waals surface area contributed by atoms with Gasteiger partial charge in [0.15, 0.2) is 0 Å². The fourth-order valence-electron chi connectivity index (χ4n) is 4.18. The first-order chi connectivity index (χ1) is 15.9. The van der Waals surface area contributed by atoms with E-state index in [1.54, 1.807) is 6.07 Å². The molecule has 0 aromatic heterocycles. The first-order valence-electron chi connectivity index (χ1n) is 11.4. The van der Waals surface area contributed by atoms with E-state index in [9.17, 15) is 4.79 Å². The van der Waals surface area contributed by atoms with Gasteiger partial charge in [0.1, 0.15) is 0 Å². The molecule has 2 saturated heterocycles. The van der Waals surface area contributed by atoms with E-state index in [1.165, 1.54) is 0 Å². The number of likely N-dealkylation sites (tertiary alicyclic amines) is 1. The predicted octanol–water partition coefficient (Wildman–Crippen LogP) is 5.41. The van der Waals surface area contributed by atoms with Gasteiger partial charge >= 0.3 is 0 Å². The van der Waals surface area contributed by atoms with E-state index < -0.39 is 0 Å². The van der Waals surface area contributed by atoms with Crippen molar-refractivity contribution in [1.82, 2.24) is 15.1 Å². The molecule has 0 unspecified atom stereocenters. The Labute approximate surface area is 212 Å². The first kappa shape index (κ1) is 26.1. The van der Waals surface area contributed by atoms with E-state index in [0.717, 1.165) is 37.2 Å². The van der Waals surface area contributed by atoms with Crippen LogP contribution in [-0.2, 0) is 9.53 Å². The number of halogens is 3. The zero-order chi connectivity index (χ0) is 23.8. The highest BCUT2D eigenvalue weighted by molar-refractivity contribution is 6.35. The van der Waals surface area contributed by atoms with Gasteiger partial charge in [-0.3, -0.25) is 4.79 Å². The van der Waals surface area contributed by atoms with E-state index in [1.807, 2.05) is 42.2 Å². The molecule has 1 aromatic carbocycles. The molecular formula is C25H32Cl3N3O2. The van der Waals surface area contributed by atoms with Crippen LogP contribution in [0.2, 0.25) is 10.0 Å². The summed E-state index contributed by atoms with van der Waals surface area (Å²) in [7, 11) is 0. The van der Waals surface area contributed by atoms with Gasteiger partial charge in [0.2, 0.25) is 5.91 Å². The van der Waals surface area contributed by atoms with Crippen LogP contribution >= 0.6 is 34.8 Å². The van der Waals surface area contributed by atoms with E-state index >= 15 is 0 Å². The largest absolute Gasteiger partial charge is 0.378 e. The van der Waals surface area contributed by atoms with E-state index in [4.69, 9.17) is 39.5 Å². The van der Waals surface area contributed by atoms with Crippen molar-refractivity contribution >= 4 is 40.7 Å². The molecule has 0 spiro atoms. The van der Waals surface area contributed by atoms with Gasteiger partial charge in [0.05, 0.1) is 13.2 Å². The number of ether oxygens (including phenoxy) is 1. The summed E-state index contributed by atoms with van der Waals surface area (Å²) in [6.07, 6.45) is 7.42. The van der Waals surface area contributed by atoms with Crippen molar-refractivity contribution in [2.75, 3.05) is 45.9 Å². The molecule has 2 aliphatic rings. The Morgan fingerprint density at radius 3 is 2.52 bits per heavy atom. The fourth-order valence-corrected chi connectivity index (χ4v) is 4.89. The zero-order valence-corrected chi connectivity index (χ0v) is 21.3. The Bertz CT molecular complexity index is 889. The zero-order valence-electron chi connectivity index (χ0n) is 19.0. The molecule has 1 aromatic rings. The Kier molecular flexibility index (Phi) is 10.1. The molecule has 33 heavy (non-hydrogen) atoms. The number of carbonyl (C=O) groups excluding carboxylic acids is 1. The van der Waals surface area contributed by atoms with Gasteiger partial charge in [-0.2, -0.15) is 0 Å². The van der Waals surface area contributed by atoms with Crippen LogP contribution < -0.4 is 5.32 Å². The second-order valence-electron chi connectivity index (χ2n) is 8.38. The molecule has 2 fully saturated rings. The summed E-state index contributed by atoms with van der Waals surface area (Å²) in [4.78, 5) is 17.0. The maximum atomic E-state index is 12.7. The van der Waals surface area contributed by atoms with Gasteiger partial charge in [-0.1, -0.05) is 47.4 Å². The molecule has 1 N–H and O–H groups in total. The Balaban J connectivity index is 1.50. The maximum Gasteiger partial charge on any atom is 0.225 e. The highest BCUT2D eigenvalue weighted by atomic mass is 35.5. The standard InChI is InChI=1S/C25H32Cl3N3O2/c1-3-22(30-10-8-19(9-11-30)25(32)31-12-14-33-15-13-31)6-4-21(27)17-29-18(2)23-7-5-20(26)16-24(23)28/h3-7,16,18-19,29H,1,8-15,17H2,2H3/b21-4+,22-6+/t18-/m1/s1. The first-order valence-corrected chi connectivity index (χ1v) is 12.5. The Hall–Kier alpha value is -1.50. The van der Waals surface area contributed by atoms with Gasteiger partial charge in [-0.05, 0) is 55.7 Å². The van der Waals surface area contributed by atoms with Crippen molar-refractivity contribution in [2.45, 2.75) is 25.8 Å². The van der Waals surface area contributed by atoms with Gasteiger partial charge in [-0.15, -0.1) is 0 Å². The van der Waals surface area contributed by atoms with Crippen LogP contribution in [0.3, 0.4) is 0 Å². The Morgan fingerprint density at radius 2 is 1.88 bits per heavy atom. The van der Waals surface area contributed by atoms with E-state index in [0.29, 0.717) is 47.9 Å². The minimum atomic E-state index is 0.0304. The molecule has 2 heterocycles. The molecule has 0 aliphatic carbocycles. The number of hydrogen-bond acceptors (Lipinski definition) is 4. The van der Waals surface area contributed by atoms with Crippen molar-refractivity contribution in [3.05, 3.63) is 69.3 Å². The lowest BCUT2D eigenvalue weighted by atomic mass is 9.94. The average molecular weight is 513 g/mol. The number of hydrogen-bond donors (Lipinski definition) is 1. The quantitative estimate of drug-likeness (QED) is 0.473. The molecule has 0 bridgehead atoms. The van der Waals surface area contributed by atoms with Crippen molar-refractivity contribution in [2.24, 2.45) is 5.92 Å². The average Bonchev–Trinajstić information content (AvgIpc) is 2.83. The van der Waals surface area contributed by atoms with Gasteiger partial charge in [-0.25, -0.2) is 0 Å².